The molecule has 0 fully saturated rings. The summed E-state index contributed by atoms with van der Waals surface area (Å²) in [5, 5.41) is 37.1. The molecule has 12 nitrogen and oxygen atoms in total. The molecule has 0 spiro atoms. The van der Waals surface area contributed by atoms with Gasteiger partial charge in [0.15, 0.2) is 0 Å². The van der Waals surface area contributed by atoms with Crippen molar-refractivity contribution < 1.29 is 24.5 Å². The van der Waals surface area contributed by atoms with Crippen molar-refractivity contribution in [2.45, 2.75) is 6.54 Å². The zero-order chi connectivity index (χ0) is 17.9. The van der Waals surface area contributed by atoms with E-state index in [-0.39, 0.29) is 23.0 Å². The molecule has 1 heterocycles. The SMILES string of the molecule is COc1nn(CC(=O)Nc2cc([N+](=O)[O-])ccc2O)cc1[N+](=O)[O-]. The third-order valence-corrected chi connectivity index (χ3v) is 2.87. The van der Waals surface area contributed by atoms with Crippen LogP contribution in [0.2, 0.25) is 0 Å². The number of ether oxygens (including phenoxy) is 1. The number of anilines is 1. The van der Waals surface area contributed by atoms with Crippen LogP contribution < -0.4 is 10.1 Å². The Labute approximate surface area is 133 Å². The lowest BCUT2D eigenvalue weighted by Crippen LogP contribution is -2.19. The maximum absolute atomic E-state index is 11.9. The summed E-state index contributed by atoms with van der Waals surface area (Å²) in [4.78, 5) is 32.0. The predicted molar refractivity (Wildman–Crippen MR) is 78.8 cm³/mol. The molecule has 2 rings (SSSR count). The average Bonchev–Trinajstić information content (AvgIpc) is 2.92. The Kier molecular flexibility index (Phi) is 4.58. The smallest absolute Gasteiger partial charge is 0.350 e. The number of amides is 1. The molecule has 0 saturated heterocycles. The Morgan fingerprint density at radius 2 is 2.08 bits per heavy atom. The van der Waals surface area contributed by atoms with E-state index in [1.54, 1.807) is 0 Å². The Hall–Kier alpha value is -3.70. The summed E-state index contributed by atoms with van der Waals surface area (Å²) in [6.07, 6.45) is 1.01. The van der Waals surface area contributed by atoms with Crippen LogP contribution in [0.15, 0.2) is 24.4 Å². The molecule has 2 aromatic rings. The first kappa shape index (κ1) is 16.7. The molecule has 1 amide bonds. The Morgan fingerprint density at radius 3 is 2.62 bits per heavy atom. The maximum atomic E-state index is 11.9. The highest BCUT2D eigenvalue weighted by Crippen LogP contribution is 2.28. The molecule has 0 aliphatic carbocycles. The minimum Gasteiger partial charge on any atom is -0.506 e. The van der Waals surface area contributed by atoms with Crippen LogP contribution in [0, 0.1) is 20.2 Å². The highest BCUT2D eigenvalue weighted by atomic mass is 16.6. The molecule has 0 aliphatic heterocycles. The number of hydrogen-bond acceptors (Lipinski definition) is 8. The van der Waals surface area contributed by atoms with E-state index in [1.807, 2.05) is 0 Å². The van der Waals surface area contributed by atoms with Gasteiger partial charge in [-0.1, -0.05) is 0 Å². The molecule has 126 valence electrons. The summed E-state index contributed by atoms with van der Waals surface area (Å²) in [6, 6.07) is 3.13. The third kappa shape index (κ3) is 3.55. The number of nitrogens with zero attached hydrogens (tertiary/aromatic N) is 4. The van der Waals surface area contributed by atoms with Crippen LogP contribution in [0.25, 0.3) is 0 Å². The van der Waals surface area contributed by atoms with Gasteiger partial charge in [-0.25, -0.2) is 0 Å². The van der Waals surface area contributed by atoms with Gasteiger partial charge in [0.2, 0.25) is 5.91 Å². The van der Waals surface area contributed by atoms with Crippen LogP contribution in [0.5, 0.6) is 11.6 Å². The molecule has 0 atom stereocenters. The first-order valence-corrected chi connectivity index (χ1v) is 6.35. The minimum atomic E-state index is -0.716. The molecule has 12 heteroatoms. The topological polar surface area (TPSA) is 163 Å². The van der Waals surface area contributed by atoms with E-state index < -0.39 is 28.0 Å². The lowest BCUT2D eigenvalue weighted by atomic mass is 10.2. The standard InChI is InChI=1S/C12H11N5O7/c1-24-12-9(17(22)23)5-15(14-12)6-11(19)13-8-4-7(16(20)21)2-3-10(8)18/h2-5,18H,6H2,1H3,(H,13,19). The maximum Gasteiger partial charge on any atom is 0.350 e. The van der Waals surface area contributed by atoms with Gasteiger partial charge < -0.3 is 15.2 Å². The van der Waals surface area contributed by atoms with Crippen LogP contribution >= 0.6 is 0 Å². The largest absolute Gasteiger partial charge is 0.506 e. The second kappa shape index (κ2) is 6.60. The molecule has 0 saturated carbocycles. The quantitative estimate of drug-likeness (QED) is 0.449. The van der Waals surface area contributed by atoms with Crippen LogP contribution in [0.3, 0.4) is 0 Å². The van der Waals surface area contributed by atoms with Gasteiger partial charge in [-0.05, 0) is 6.07 Å². The van der Waals surface area contributed by atoms with Crippen LogP contribution in [-0.4, -0.2) is 37.8 Å². The Morgan fingerprint density at radius 1 is 1.38 bits per heavy atom. The van der Waals surface area contributed by atoms with Crippen molar-refractivity contribution in [3.8, 4) is 11.6 Å². The van der Waals surface area contributed by atoms with Crippen molar-refractivity contribution in [1.29, 1.82) is 0 Å². The molecule has 24 heavy (non-hydrogen) atoms. The lowest BCUT2D eigenvalue weighted by molar-refractivity contribution is -0.385. The summed E-state index contributed by atoms with van der Waals surface area (Å²) in [5.41, 5.74) is -0.897. The number of nitrogens with one attached hydrogen (secondary N) is 1. The second-order valence-corrected chi connectivity index (χ2v) is 4.49. The number of phenolic OH excluding ortho intramolecular Hbond substituents is 1. The number of carbonyl (C=O) groups is 1. The number of nitro benzene ring substituents is 1. The van der Waals surface area contributed by atoms with E-state index >= 15 is 0 Å². The molecule has 0 radical (unpaired) electrons. The highest BCUT2D eigenvalue weighted by molar-refractivity contribution is 5.92. The number of rotatable bonds is 6. The first-order chi connectivity index (χ1) is 11.3. The fraction of sp³-hybridized carbons (Fsp3) is 0.167. The van der Waals surface area contributed by atoms with Gasteiger partial charge in [0.1, 0.15) is 18.5 Å². The highest BCUT2D eigenvalue weighted by Gasteiger charge is 2.21. The number of hydrogen-bond donors (Lipinski definition) is 2. The van der Waals surface area contributed by atoms with Gasteiger partial charge in [0.25, 0.3) is 5.69 Å². The van der Waals surface area contributed by atoms with Crippen molar-refractivity contribution in [3.05, 3.63) is 44.6 Å². The van der Waals surface area contributed by atoms with Crippen LogP contribution in [0.1, 0.15) is 0 Å². The second-order valence-electron chi connectivity index (χ2n) is 4.49. The molecule has 0 aliphatic rings. The van der Waals surface area contributed by atoms with E-state index in [4.69, 9.17) is 4.74 Å². The summed E-state index contributed by atoms with van der Waals surface area (Å²) < 4.78 is 5.70. The number of aromatic hydroxyl groups is 1. The summed E-state index contributed by atoms with van der Waals surface area (Å²) in [7, 11) is 1.20. The van der Waals surface area contributed by atoms with Crippen molar-refractivity contribution in [2.75, 3.05) is 12.4 Å². The van der Waals surface area contributed by atoms with Crippen molar-refractivity contribution in [1.82, 2.24) is 9.78 Å². The van der Waals surface area contributed by atoms with Crippen LogP contribution in [-0.2, 0) is 11.3 Å². The molecule has 1 aromatic heterocycles. The zero-order valence-corrected chi connectivity index (χ0v) is 12.2. The first-order valence-electron chi connectivity index (χ1n) is 6.35. The number of aromatic nitrogens is 2. The molecular formula is C12H11N5O7. The fourth-order valence-electron chi connectivity index (χ4n) is 1.82. The third-order valence-electron chi connectivity index (χ3n) is 2.87. The van der Waals surface area contributed by atoms with Gasteiger partial charge in [-0.2, -0.15) is 0 Å². The van der Waals surface area contributed by atoms with E-state index in [9.17, 15) is 30.1 Å². The number of carbonyl (C=O) groups excluding carboxylic acids is 1. The molecule has 2 N–H and O–H groups in total. The van der Waals surface area contributed by atoms with E-state index in [0.717, 1.165) is 29.1 Å². The summed E-state index contributed by atoms with van der Waals surface area (Å²) in [5.74, 6) is -1.32. The van der Waals surface area contributed by atoms with Gasteiger partial charge in [-0.15, -0.1) is 5.10 Å². The Bertz CT molecular complexity index is 816. The van der Waals surface area contributed by atoms with E-state index in [2.05, 4.69) is 10.4 Å². The zero-order valence-electron chi connectivity index (χ0n) is 12.2. The summed E-state index contributed by atoms with van der Waals surface area (Å²) in [6.45, 7) is -0.424. The van der Waals surface area contributed by atoms with Crippen molar-refractivity contribution >= 4 is 23.0 Å². The van der Waals surface area contributed by atoms with Crippen molar-refractivity contribution in [3.63, 3.8) is 0 Å². The number of non-ortho nitro benzene ring substituents is 1. The predicted octanol–water partition coefficient (Wildman–Crippen LogP) is 1.05. The normalized spacial score (nSPS) is 10.2. The molecule has 1 aromatic carbocycles. The van der Waals surface area contributed by atoms with Crippen LogP contribution in [0.4, 0.5) is 17.1 Å². The molecule has 0 unspecified atom stereocenters. The van der Waals surface area contributed by atoms with E-state index in [0.29, 0.717) is 0 Å². The van der Waals surface area contributed by atoms with Gasteiger partial charge in [0.05, 0.1) is 22.6 Å². The average molecular weight is 337 g/mol. The van der Waals surface area contributed by atoms with Gasteiger partial charge in [0, 0.05) is 12.1 Å². The minimum absolute atomic E-state index is 0.164. The summed E-state index contributed by atoms with van der Waals surface area (Å²) >= 11 is 0. The lowest BCUT2D eigenvalue weighted by Gasteiger charge is -2.07. The van der Waals surface area contributed by atoms with E-state index in [1.165, 1.54) is 7.11 Å². The number of phenols is 1. The van der Waals surface area contributed by atoms with Gasteiger partial charge >= 0.3 is 11.6 Å². The molecule has 0 bridgehead atoms. The monoisotopic (exact) mass is 337 g/mol. The number of nitro groups is 2. The fourth-order valence-corrected chi connectivity index (χ4v) is 1.82. The number of benzene rings is 1. The number of methoxy groups -OCH3 is 1. The van der Waals surface area contributed by atoms with Gasteiger partial charge in [-0.3, -0.25) is 29.7 Å². The molecular weight excluding hydrogens is 326 g/mol. The van der Waals surface area contributed by atoms with Crippen molar-refractivity contribution in [2.24, 2.45) is 0 Å². The Balaban J connectivity index is 2.15.